The van der Waals surface area contributed by atoms with Crippen LogP contribution in [0.15, 0.2) is 24.3 Å². The number of anilines is 2. The van der Waals surface area contributed by atoms with E-state index in [1.165, 1.54) is 13.0 Å². The molecule has 2 heterocycles. The van der Waals surface area contributed by atoms with Gasteiger partial charge in [-0.2, -0.15) is 0 Å². The Labute approximate surface area is 157 Å². The molecule has 0 radical (unpaired) electrons. The van der Waals surface area contributed by atoms with Crippen LogP contribution in [0.5, 0.6) is 0 Å². The van der Waals surface area contributed by atoms with Crippen LogP contribution < -0.4 is 5.32 Å². The highest BCUT2D eigenvalue weighted by atomic mass is 19.1. The molecule has 144 valence electrons. The van der Waals surface area contributed by atoms with Crippen LogP contribution in [0.1, 0.15) is 39.8 Å². The van der Waals surface area contributed by atoms with Crippen LogP contribution in [0, 0.1) is 18.7 Å². The second kappa shape index (κ2) is 7.52. The predicted octanol–water partition coefficient (Wildman–Crippen LogP) is 2.87. The van der Waals surface area contributed by atoms with E-state index in [0.717, 1.165) is 12.0 Å². The average Bonchev–Trinajstić information content (AvgIpc) is 3.22. The molecule has 1 amide bonds. The molecule has 0 bridgehead atoms. The zero-order valence-corrected chi connectivity index (χ0v) is 15.8. The molecule has 1 saturated heterocycles. The molecular formula is C20H24FN3O3. The first-order chi connectivity index (χ1) is 12.8. The first-order valence-corrected chi connectivity index (χ1v) is 8.95. The number of rotatable bonds is 5. The van der Waals surface area contributed by atoms with Crippen LogP contribution in [0.25, 0.3) is 0 Å². The molecule has 1 unspecified atom stereocenters. The van der Waals surface area contributed by atoms with Gasteiger partial charge in [0.2, 0.25) is 0 Å². The number of ketones is 1. The third-order valence-corrected chi connectivity index (χ3v) is 5.03. The minimum absolute atomic E-state index is 0.0386. The quantitative estimate of drug-likeness (QED) is 0.791. The number of aromatic nitrogens is 1. The van der Waals surface area contributed by atoms with Crippen molar-refractivity contribution in [1.82, 2.24) is 9.47 Å². The number of aliphatic hydroxyl groups excluding tert-OH is 1. The first-order valence-electron chi connectivity index (χ1n) is 8.95. The van der Waals surface area contributed by atoms with Crippen molar-refractivity contribution >= 4 is 23.2 Å². The van der Waals surface area contributed by atoms with Crippen molar-refractivity contribution in [3.63, 3.8) is 0 Å². The van der Waals surface area contributed by atoms with Gasteiger partial charge >= 0.3 is 0 Å². The maximum atomic E-state index is 14.3. The topological polar surface area (TPSA) is 74.6 Å². The zero-order chi connectivity index (χ0) is 19.7. The number of Topliss-reactive ketones (excluding diaryl/α,β-unsaturated/α-hetero) is 1. The van der Waals surface area contributed by atoms with Gasteiger partial charge in [-0.3, -0.25) is 9.59 Å². The Morgan fingerprint density at radius 1 is 1.33 bits per heavy atom. The molecule has 1 atom stereocenters. The lowest BCUT2D eigenvalue weighted by Gasteiger charge is -2.18. The van der Waals surface area contributed by atoms with Crippen LogP contribution in [-0.4, -0.2) is 46.0 Å². The Bertz CT molecular complexity index is 891. The van der Waals surface area contributed by atoms with E-state index in [-0.39, 0.29) is 29.9 Å². The Morgan fingerprint density at radius 2 is 2.07 bits per heavy atom. The standard InChI is InChI=1S/C20H24FN3O3/c1-12-4-5-17(16(21)8-12)22-19-15(9-18(13(2)26)23(19)3)20(27)24-7-6-14(10-24)11-25/h4-5,8-9,14,22,25H,6-7,10-11H2,1-3H3. The Hall–Kier alpha value is -2.67. The highest BCUT2D eigenvalue weighted by Gasteiger charge is 2.30. The van der Waals surface area contributed by atoms with E-state index in [1.807, 2.05) is 0 Å². The van der Waals surface area contributed by atoms with Gasteiger partial charge in [-0.25, -0.2) is 4.39 Å². The molecule has 2 N–H and O–H groups in total. The minimum Gasteiger partial charge on any atom is -0.396 e. The van der Waals surface area contributed by atoms with Crippen molar-refractivity contribution in [3.05, 3.63) is 46.9 Å². The number of nitrogens with one attached hydrogen (secondary N) is 1. The molecule has 1 aromatic carbocycles. The summed E-state index contributed by atoms with van der Waals surface area (Å²) < 4.78 is 15.9. The molecule has 7 heteroatoms. The number of likely N-dealkylation sites (tertiary alicyclic amines) is 1. The number of carbonyl (C=O) groups is 2. The fraction of sp³-hybridized carbons (Fsp3) is 0.400. The second-order valence-electron chi connectivity index (χ2n) is 7.10. The van der Waals surface area contributed by atoms with E-state index >= 15 is 0 Å². The van der Waals surface area contributed by atoms with Gasteiger partial charge in [0, 0.05) is 39.6 Å². The van der Waals surface area contributed by atoms with Crippen LogP contribution in [0.4, 0.5) is 15.9 Å². The predicted molar refractivity (Wildman–Crippen MR) is 101 cm³/mol. The summed E-state index contributed by atoms with van der Waals surface area (Å²) in [5, 5.41) is 12.3. The summed E-state index contributed by atoms with van der Waals surface area (Å²) >= 11 is 0. The van der Waals surface area contributed by atoms with Gasteiger partial charge in [0.05, 0.1) is 16.9 Å². The molecule has 6 nitrogen and oxygen atoms in total. The number of hydrogen-bond donors (Lipinski definition) is 2. The van der Waals surface area contributed by atoms with E-state index in [0.29, 0.717) is 30.2 Å². The lowest BCUT2D eigenvalue weighted by Crippen LogP contribution is -2.29. The smallest absolute Gasteiger partial charge is 0.257 e. The van der Waals surface area contributed by atoms with Crippen molar-refractivity contribution < 1.29 is 19.1 Å². The summed E-state index contributed by atoms with van der Waals surface area (Å²) in [7, 11) is 1.67. The monoisotopic (exact) mass is 373 g/mol. The summed E-state index contributed by atoms with van der Waals surface area (Å²) in [6.45, 7) is 4.28. The lowest BCUT2D eigenvalue weighted by molar-refractivity contribution is 0.0783. The van der Waals surface area contributed by atoms with E-state index in [9.17, 15) is 19.1 Å². The fourth-order valence-corrected chi connectivity index (χ4v) is 3.44. The number of hydrogen-bond acceptors (Lipinski definition) is 4. The third kappa shape index (κ3) is 3.73. The van der Waals surface area contributed by atoms with Gasteiger partial charge in [-0.1, -0.05) is 6.07 Å². The van der Waals surface area contributed by atoms with E-state index in [4.69, 9.17) is 0 Å². The molecule has 3 rings (SSSR count). The van der Waals surface area contributed by atoms with Gasteiger partial charge in [0.1, 0.15) is 11.6 Å². The maximum absolute atomic E-state index is 14.3. The largest absolute Gasteiger partial charge is 0.396 e. The summed E-state index contributed by atoms with van der Waals surface area (Å²) in [5.74, 6) is -0.403. The number of aliphatic hydroxyl groups is 1. The molecule has 1 aliphatic heterocycles. The summed E-state index contributed by atoms with van der Waals surface area (Å²) in [6.07, 6.45) is 0.740. The maximum Gasteiger partial charge on any atom is 0.257 e. The Kier molecular flexibility index (Phi) is 5.32. The number of nitrogens with zero attached hydrogens (tertiary/aromatic N) is 2. The lowest BCUT2D eigenvalue weighted by atomic mass is 10.1. The molecule has 2 aromatic rings. The van der Waals surface area contributed by atoms with E-state index < -0.39 is 5.82 Å². The Morgan fingerprint density at radius 3 is 2.67 bits per heavy atom. The molecule has 1 aliphatic rings. The number of halogens is 1. The summed E-state index contributed by atoms with van der Waals surface area (Å²) in [5.41, 5.74) is 1.71. The minimum atomic E-state index is -0.430. The molecule has 0 aliphatic carbocycles. The van der Waals surface area contributed by atoms with E-state index in [1.54, 1.807) is 41.6 Å². The molecular weight excluding hydrogens is 349 g/mol. The Balaban J connectivity index is 1.99. The number of aryl methyl sites for hydroxylation is 1. The van der Waals surface area contributed by atoms with Gasteiger partial charge in [-0.05, 0) is 37.1 Å². The van der Waals surface area contributed by atoms with Gasteiger partial charge in [0.25, 0.3) is 5.91 Å². The molecule has 1 fully saturated rings. The van der Waals surface area contributed by atoms with Gasteiger partial charge in [0.15, 0.2) is 5.78 Å². The van der Waals surface area contributed by atoms with Crippen molar-refractivity contribution in [2.45, 2.75) is 20.3 Å². The van der Waals surface area contributed by atoms with Gasteiger partial charge in [-0.15, -0.1) is 0 Å². The second-order valence-corrected chi connectivity index (χ2v) is 7.10. The molecule has 27 heavy (non-hydrogen) atoms. The summed E-state index contributed by atoms with van der Waals surface area (Å²) in [6, 6.07) is 6.33. The molecule has 0 spiro atoms. The van der Waals surface area contributed by atoms with Crippen LogP contribution in [-0.2, 0) is 7.05 Å². The van der Waals surface area contributed by atoms with Crippen LogP contribution in [0.3, 0.4) is 0 Å². The van der Waals surface area contributed by atoms with E-state index in [2.05, 4.69) is 5.32 Å². The van der Waals surface area contributed by atoms with Crippen LogP contribution >= 0.6 is 0 Å². The number of amides is 1. The van der Waals surface area contributed by atoms with Crippen molar-refractivity contribution in [1.29, 1.82) is 0 Å². The average molecular weight is 373 g/mol. The fourth-order valence-electron chi connectivity index (χ4n) is 3.44. The molecule has 0 saturated carbocycles. The van der Waals surface area contributed by atoms with Crippen molar-refractivity contribution in [3.8, 4) is 0 Å². The highest BCUT2D eigenvalue weighted by molar-refractivity contribution is 6.04. The number of benzene rings is 1. The highest BCUT2D eigenvalue weighted by Crippen LogP contribution is 2.29. The number of carbonyl (C=O) groups excluding carboxylic acids is 2. The molecule has 1 aromatic heterocycles. The zero-order valence-electron chi connectivity index (χ0n) is 15.8. The SMILES string of the molecule is CC(=O)c1cc(C(=O)N2CCC(CO)C2)c(Nc2ccc(C)cc2F)n1C. The summed E-state index contributed by atoms with van der Waals surface area (Å²) in [4.78, 5) is 26.7. The third-order valence-electron chi connectivity index (χ3n) is 5.03. The van der Waals surface area contributed by atoms with Crippen molar-refractivity contribution in [2.24, 2.45) is 13.0 Å². The normalized spacial score (nSPS) is 16.6. The van der Waals surface area contributed by atoms with Crippen molar-refractivity contribution in [2.75, 3.05) is 25.0 Å². The first kappa shape index (κ1) is 19.1. The van der Waals surface area contributed by atoms with Crippen LogP contribution in [0.2, 0.25) is 0 Å². The van der Waals surface area contributed by atoms with Gasteiger partial charge < -0.3 is 19.9 Å².